The van der Waals surface area contributed by atoms with Gasteiger partial charge in [0.15, 0.2) is 0 Å². The van der Waals surface area contributed by atoms with Gasteiger partial charge in [0.05, 0.1) is 0 Å². The Morgan fingerprint density at radius 1 is 1.17 bits per heavy atom. The number of amides is 1. The van der Waals surface area contributed by atoms with Crippen molar-refractivity contribution < 1.29 is 14.3 Å². The lowest BCUT2D eigenvalue weighted by Crippen LogP contribution is -2.38. The normalized spacial score (nSPS) is 14.8. The molecule has 1 aliphatic heterocycles. The van der Waals surface area contributed by atoms with E-state index in [0.29, 0.717) is 34.8 Å². The molecule has 1 N–H and O–H groups in total. The average Bonchev–Trinajstić information content (AvgIpc) is 2.72. The SMILES string of the molecule is CN(CCOc1cccc(CNC(=O)c2cc(Cl)cc(Cl)c2)c1)C1CCOCC1. The maximum absolute atomic E-state index is 12.3. The Hall–Kier alpha value is -1.79. The third kappa shape index (κ3) is 6.89. The molecule has 0 saturated carbocycles. The Kier molecular flexibility index (Phi) is 8.19. The second kappa shape index (κ2) is 10.8. The Bertz CT molecular complexity index is 805. The Balaban J connectivity index is 1.47. The van der Waals surface area contributed by atoms with Crippen LogP contribution in [0.15, 0.2) is 42.5 Å². The zero-order chi connectivity index (χ0) is 20.6. The van der Waals surface area contributed by atoms with Gasteiger partial charge >= 0.3 is 0 Å². The number of likely N-dealkylation sites (N-methyl/N-ethyl adjacent to an activating group) is 1. The summed E-state index contributed by atoms with van der Waals surface area (Å²) in [6.45, 7) is 3.55. The van der Waals surface area contributed by atoms with Crippen molar-refractivity contribution in [3.8, 4) is 5.75 Å². The fourth-order valence-electron chi connectivity index (χ4n) is 3.33. The first-order valence-corrected chi connectivity index (χ1v) is 10.5. The molecule has 29 heavy (non-hydrogen) atoms. The molecule has 2 aromatic rings. The number of halogens is 2. The van der Waals surface area contributed by atoms with Crippen molar-refractivity contribution >= 4 is 29.1 Å². The largest absolute Gasteiger partial charge is 0.492 e. The predicted octanol–water partition coefficient (Wildman–Crippen LogP) is 4.41. The zero-order valence-electron chi connectivity index (χ0n) is 16.5. The van der Waals surface area contributed by atoms with Gasteiger partial charge < -0.3 is 14.8 Å². The number of nitrogens with zero attached hydrogens (tertiary/aromatic N) is 1. The van der Waals surface area contributed by atoms with Crippen LogP contribution in [0.4, 0.5) is 0 Å². The van der Waals surface area contributed by atoms with Crippen LogP contribution in [0.25, 0.3) is 0 Å². The summed E-state index contributed by atoms with van der Waals surface area (Å²) in [4.78, 5) is 14.7. The Labute approximate surface area is 181 Å². The van der Waals surface area contributed by atoms with Gasteiger partial charge in [0, 0.05) is 48.0 Å². The minimum atomic E-state index is -0.223. The van der Waals surface area contributed by atoms with Crippen LogP contribution in [0, 0.1) is 0 Å². The van der Waals surface area contributed by atoms with Crippen molar-refractivity contribution in [2.75, 3.05) is 33.4 Å². The quantitative estimate of drug-likeness (QED) is 0.665. The van der Waals surface area contributed by atoms with Gasteiger partial charge in [-0.15, -0.1) is 0 Å². The van der Waals surface area contributed by atoms with E-state index in [9.17, 15) is 4.79 Å². The molecule has 1 aliphatic rings. The van der Waals surface area contributed by atoms with Crippen LogP contribution in [-0.4, -0.2) is 50.3 Å². The fourth-order valence-corrected chi connectivity index (χ4v) is 3.86. The van der Waals surface area contributed by atoms with Crippen LogP contribution < -0.4 is 10.1 Å². The minimum Gasteiger partial charge on any atom is -0.492 e. The van der Waals surface area contributed by atoms with E-state index in [2.05, 4.69) is 17.3 Å². The van der Waals surface area contributed by atoms with Crippen LogP contribution in [0.2, 0.25) is 10.0 Å². The predicted molar refractivity (Wildman–Crippen MR) is 116 cm³/mol. The molecule has 7 heteroatoms. The van der Waals surface area contributed by atoms with Gasteiger partial charge in [-0.2, -0.15) is 0 Å². The number of rotatable bonds is 8. The first kappa shape index (κ1) is 21.9. The highest BCUT2D eigenvalue weighted by atomic mass is 35.5. The first-order chi connectivity index (χ1) is 14.0. The smallest absolute Gasteiger partial charge is 0.251 e. The van der Waals surface area contributed by atoms with Crippen LogP contribution >= 0.6 is 23.2 Å². The number of nitrogens with one attached hydrogen (secondary N) is 1. The molecule has 1 fully saturated rings. The fraction of sp³-hybridized carbons (Fsp3) is 0.409. The maximum atomic E-state index is 12.3. The number of hydrogen-bond donors (Lipinski definition) is 1. The molecule has 1 amide bonds. The minimum absolute atomic E-state index is 0.223. The maximum Gasteiger partial charge on any atom is 0.251 e. The lowest BCUT2D eigenvalue weighted by atomic mass is 10.1. The van der Waals surface area contributed by atoms with Gasteiger partial charge in [0.1, 0.15) is 12.4 Å². The second-order valence-electron chi connectivity index (χ2n) is 7.16. The molecule has 0 unspecified atom stereocenters. The summed E-state index contributed by atoms with van der Waals surface area (Å²) in [5, 5.41) is 3.75. The summed E-state index contributed by atoms with van der Waals surface area (Å²) in [5.74, 6) is 0.571. The van der Waals surface area contributed by atoms with E-state index in [1.54, 1.807) is 18.2 Å². The van der Waals surface area contributed by atoms with Gasteiger partial charge in [-0.1, -0.05) is 35.3 Å². The van der Waals surface area contributed by atoms with Crippen LogP contribution in [-0.2, 0) is 11.3 Å². The molecule has 0 aromatic heterocycles. The van der Waals surface area contributed by atoms with Crippen LogP contribution in [0.3, 0.4) is 0 Å². The standard InChI is InChI=1S/C22H26Cl2N2O3/c1-26(20-5-8-28-9-6-20)7-10-29-21-4-2-3-16(11-21)15-25-22(27)17-12-18(23)14-19(24)13-17/h2-4,11-14,20H,5-10,15H2,1H3,(H,25,27). The van der Waals surface area contributed by atoms with Crippen molar-refractivity contribution in [3.63, 3.8) is 0 Å². The van der Waals surface area contributed by atoms with Gasteiger partial charge in [-0.05, 0) is 55.8 Å². The summed E-state index contributed by atoms with van der Waals surface area (Å²) < 4.78 is 11.3. The van der Waals surface area contributed by atoms with E-state index in [1.165, 1.54) is 0 Å². The van der Waals surface area contributed by atoms with Gasteiger partial charge in [0.25, 0.3) is 5.91 Å². The van der Waals surface area contributed by atoms with Crippen LogP contribution in [0.5, 0.6) is 5.75 Å². The third-order valence-electron chi connectivity index (χ3n) is 5.00. The number of carbonyl (C=O) groups is 1. The topological polar surface area (TPSA) is 50.8 Å². The molecule has 0 radical (unpaired) electrons. The van der Waals surface area contributed by atoms with Crippen LogP contribution in [0.1, 0.15) is 28.8 Å². The van der Waals surface area contributed by atoms with E-state index in [0.717, 1.165) is 43.9 Å². The highest BCUT2D eigenvalue weighted by Crippen LogP contribution is 2.19. The van der Waals surface area contributed by atoms with Crippen molar-refractivity contribution in [3.05, 3.63) is 63.6 Å². The average molecular weight is 437 g/mol. The number of ether oxygens (including phenoxy) is 2. The molecule has 0 spiro atoms. The molecule has 3 rings (SSSR count). The highest BCUT2D eigenvalue weighted by molar-refractivity contribution is 6.35. The summed E-state index contributed by atoms with van der Waals surface area (Å²) in [5.41, 5.74) is 1.40. The lowest BCUT2D eigenvalue weighted by molar-refractivity contribution is 0.0392. The molecule has 1 heterocycles. The van der Waals surface area contributed by atoms with Gasteiger partial charge in [-0.3, -0.25) is 9.69 Å². The molecular weight excluding hydrogens is 411 g/mol. The summed E-state index contributed by atoms with van der Waals surface area (Å²) >= 11 is 11.9. The number of carbonyl (C=O) groups excluding carboxylic acids is 1. The summed E-state index contributed by atoms with van der Waals surface area (Å²) in [7, 11) is 2.13. The molecule has 1 saturated heterocycles. The van der Waals surface area contributed by atoms with Crippen molar-refractivity contribution in [2.24, 2.45) is 0 Å². The molecule has 0 aliphatic carbocycles. The monoisotopic (exact) mass is 436 g/mol. The number of hydrogen-bond acceptors (Lipinski definition) is 4. The van der Waals surface area contributed by atoms with Gasteiger partial charge in [-0.25, -0.2) is 0 Å². The summed E-state index contributed by atoms with van der Waals surface area (Å²) in [6, 6.07) is 13.1. The lowest BCUT2D eigenvalue weighted by Gasteiger charge is -2.31. The van der Waals surface area contributed by atoms with Crippen molar-refractivity contribution in [2.45, 2.75) is 25.4 Å². The number of benzene rings is 2. The Morgan fingerprint density at radius 2 is 1.90 bits per heavy atom. The van der Waals surface area contributed by atoms with Crippen molar-refractivity contribution in [1.29, 1.82) is 0 Å². The van der Waals surface area contributed by atoms with E-state index in [-0.39, 0.29) is 5.91 Å². The Morgan fingerprint density at radius 3 is 2.62 bits per heavy atom. The molecule has 156 valence electrons. The zero-order valence-corrected chi connectivity index (χ0v) is 18.0. The first-order valence-electron chi connectivity index (χ1n) is 9.75. The molecule has 0 bridgehead atoms. The van der Waals surface area contributed by atoms with Crippen molar-refractivity contribution in [1.82, 2.24) is 10.2 Å². The van der Waals surface area contributed by atoms with E-state index < -0.39 is 0 Å². The van der Waals surface area contributed by atoms with E-state index >= 15 is 0 Å². The highest BCUT2D eigenvalue weighted by Gasteiger charge is 2.18. The molecule has 5 nitrogen and oxygen atoms in total. The molecule has 0 atom stereocenters. The summed E-state index contributed by atoms with van der Waals surface area (Å²) in [6.07, 6.45) is 2.15. The van der Waals surface area contributed by atoms with E-state index in [1.807, 2.05) is 24.3 Å². The van der Waals surface area contributed by atoms with Gasteiger partial charge in [0.2, 0.25) is 0 Å². The van der Waals surface area contributed by atoms with E-state index in [4.69, 9.17) is 32.7 Å². The third-order valence-corrected chi connectivity index (χ3v) is 5.44. The molecular formula is C22H26Cl2N2O3. The second-order valence-corrected chi connectivity index (χ2v) is 8.03. The molecule has 2 aromatic carbocycles.